The number of benzene rings is 2. The van der Waals surface area contributed by atoms with Crippen LogP contribution in [0.15, 0.2) is 35.5 Å². The number of carbonyl (C=O) groups is 3. The molecular weight excluding hydrogens is 575 g/mol. The third-order valence-electron chi connectivity index (χ3n) is 6.96. The molecule has 3 aromatic rings. The zero-order valence-electron chi connectivity index (χ0n) is 21.4. The first kappa shape index (κ1) is 28.2. The highest BCUT2D eigenvalue weighted by molar-refractivity contribution is 6.40. The van der Waals surface area contributed by atoms with Crippen LogP contribution in [0.4, 0.5) is 0 Å². The standard InChI is InChI=1S/C26H24Cl2N8O5/c27-18-5-15-9-35(24(39)13-1-2-14-7-32-34-19(14)6-13)4-3-17(15)22(28)21(18)23(38)33-20(25(40)41)8-30-26(31-12-29)36-10-16(37)11-36/h1-2,5-7,16,20,37H,3-4,8-11H2,(H,30,31)(H,32,34)(H,33,38)(H,40,41)/t20-/m0/s1. The Morgan fingerprint density at radius 1 is 1.24 bits per heavy atom. The van der Waals surface area contributed by atoms with Gasteiger partial charge in [0.1, 0.15) is 6.04 Å². The maximum atomic E-state index is 13.2. The lowest BCUT2D eigenvalue weighted by Gasteiger charge is -2.37. The van der Waals surface area contributed by atoms with Crippen molar-refractivity contribution in [3.8, 4) is 6.19 Å². The number of hydrogen-bond donors (Lipinski definition) is 5. The lowest BCUT2D eigenvalue weighted by Crippen LogP contribution is -2.57. The van der Waals surface area contributed by atoms with Gasteiger partial charge in [0.15, 0.2) is 6.19 Å². The molecule has 5 rings (SSSR count). The fourth-order valence-electron chi connectivity index (χ4n) is 4.78. The van der Waals surface area contributed by atoms with Crippen molar-refractivity contribution in [2.24, 2.45) is 4.99 Å². The van der Waals surface area contributed by atoms with Crippen LogP contribution in [-0.4, -0.2) is 92.3 Å². The van der Waals surface area contributed by atoms with E-state index in [2.05, 4.69) is 25.8 Å². The van der Waals surface area contributed by atoms with E-state index in [1.807, 2.05) is 6.07 Å². The molecule has 3 heterocycles. The molecule has 1 aromatic heterocycles. The van der Waals surface area contributed by atoms with Gasteiger partial charge in [0.2, 0.25) is 5.96 Å². The largest absolute Gasteiger partial charge is 0.480 e. The van der Waals surface area contributed by atoms with Gasteiger partial charge in [-0.3, -0.25) is 20.0 Å². The summed E-state index contributed by atoms with van der Waals surface area (Å²) < 4.78 is 0. The third-order valence-corrected chi connectivity index (χ3v) is 7.68. The molecule has 0 saturated carbocycles. The molecule has 1 saturated heterocycles. The van der Waals surface area contributed by atoms with Gasteiger partial charge in [-0.05, 0) is 35.7 Å². The first-order valence-electron chi connectivity index (χ1n) is 12.5. The fourth-order valence-corrected chi connectivity index (χ4v) is 5.54. The normalized spacial score (nSPS) is 16.0. The molecule has 1 fully saturated rings. The van der Waals surface area contributed by atoms with Gasteiger partial charge in [-0.1, -0.05) is 29.3 Å². The van der Waals surface area contributed by atoms with E-state index in [0.717, 1.165) is 10.9 Å². The van der Waals surface area contributed by atoms with Gasteiger partial charge in [0, 0.05) is 37.1 Å². The molecule has 212 valence electrons. The Bertz CT molecular complexity index is 1610. The number of likely N-dealkylation sites (tertiary alicyclic amines) is 1. The van der Waals surface area contributed by atoms with E-state index in [-0.39, 0.29) is 53.7 Å². The molecule has 2 aliphatic heterocycles. The summed E-state index contributed by atoms with van der Waals surface area (Å²) in [7, 11) is 0. The number of H-pyrrole nitrogens is 1. The van der Waals surface area contributed by atoms with Crippen LogP contribution in [-0.2, 0) is 17.8 Å². The van der Waals surface area contributed by atoms with Gasteiger partial charge < -0.3 is 25.3 Å². The second kappa shape index (κ2) is 11.6. The minimum atomic E-state index is -1.45. The van der Waals surface area contributed by atoms with Gasteiger partial charge in [-0.25, -0.2) is 9.79 Å². The molecule has 0 bridgehead atoms. The molecule has 15 heteroatoms. The van der Waals surface area contributed by atoms with Gasteiger partial charge in [0.25, 0.3) is 11.8 Å². The number of guanidine groups is 1. The van der Waals surface area contributed by atoms with Gasteiger partial charge in [-0.15, -0.1) is 0 Å². The van der Waals surface area contributed by atoms with Crippen LogP contribution in [0, 0.1) is 11.5 Å². The first-order valence-corrected chi connectivity index (χ1v) is 13.3. The van der Waals surface area contributed by atoms with Crippen LogP contribution in [0.5, 0.6) is 0 Å². The summed E-state index contributed by atoms with van der Waals surface area (Å²) in [5.41, 5.74) is 2.50. The number of amides is 2. The quantitative estimate of drug-likeness (QED) is 0.121. The van der Waals surface area contributed by atoms with Crippen molar-refractivity contribution in [3.05, 3.63) is 62.8 Å². The first-order chi connectivity index (χ1) is 19.7. The number of β-amino-alcohol motifs (C(OH)–C–C–N with tert-alkyl or cyclic N) is 1. The van der Waals surface area contributed by atoms with Crippen molar-refractivity contribution in [2.75, 3.05) is 26.2 Å². The van der Waals surface area contributed by atoms with E-state index in [1.165, 1.54) is 0 Å². The molecule has 41 heavy (non-hydrogen) atoms. The number of carboxylic acids is 1. The van der Waals surface area contributed by atoms with Crippen molar-refractivity contribution >= 4 is 57.8 Å². The number of hydrogen-bond acceptors (Lipinski definition) is 7. The van der Waals surface area contributed by atoms with Crippen molar-refractivity contribution in [2.45, 2.75) is 25.1 Å². The molecule has 0 unspecified atom stereocenters. The summed E-state index contributed by atoms with van der Waals surface area (Å²) in [6.45, 7) is 0.657. The highest BCUT2D eigenvalue weighted by Crippen LogP contribution is 2.35. The van der Waals surface area contributed by atoms with E-state index >= 15 is 0 Å². The number of halogens is 2. The summed E-state index contributed by atoms with van der Waals surface area (Å²) in [4.78, 5) is 45.6. The average molecular weight is 599 g/mol. The molecule has 0 spiro atoms. The van der Waals surface area contributed by atoms with Crippen LogP contribution in [0.1, 0.15) is 31.8 Å². The highest BCUT2D eigenvalue weighted by atomic mass is 35.5. The van der Waals surface area contributed by atoms with E-state index in [4.69, 9.17) is 28.5 Å². The average Bonchev–Trinajstić information content (AvgIpc) is 3.40. The number of carbonyl (C=O) groups excluding carboxylic acids is 2. The molecule has 2 amide bonds. The summed E-state index contributed by atoms with van der Waals surface area (Å²) in [5, 5.41) is 40.7. The number of carboxylic acid groups (broad SMARTS) is 1. The van der Waals surface area contributed by atoms with Crippen molar-refractivity contribution in [1.82, 2.24) is 30.6 Å². The Morgan fingerprint density at radius 3 is 2.73 bits per heavy atom. The SMILES string of the molecule is N#CNC(=NC[C@H](NC(=O)c1c(Cl)cc2c(c1Cl)CCN(C(=O)c1ccc3cn[nH]c3c1)C2)C(=O)O)N1CC(O)C1. The number of fused-ring (bicyclic) bond motifs is 2. The van der Waals surface area contributed by atoms with Gasteiger partial charge >= 0.3 is 5.97 Å². The Labute approximate surface area is 243 Å². The Hall–Kier alpha value is -4.38. The molecule has 2 aromatic carbocycles. The van der Waals surface area contributed by atoms with Gasteiger partial charge in [0.05, 0.1) is 40.0 Å². The number of aromatic amines is 1. The molecule has 1 atom stereocenters. The minimum Gasteiger partial charge on any atom is -0.480 e. The minimum absolute atomic E-state index is 0.00784. The van der Waals surface area contributed by atoms with Crippen LogP contribution in [0.3, 0.4) is 0 Å². The van der Waals surface area contributed by atoms with E-state index in [9.17, 15) is 24.6 Å². The number of aliphatic carboxylic acids is 1. The number of aromatic nitrogens is 2. The molecular formula is C26H24Cl2N8O5. The van der Waals surface area contributed by atoms with Crippen molar-refractivity contribution in [1.29, 1.82) is 5.26 Å². The lowest BCUT2D eigenvalue weighted by atomic mass is 9.96. The van der Waals surface area contributed by atoms with Crippen LogP contribution >= 0.6 is 23.2 Å². The number of aliphatic hydroxyl groups excluding tert-OH is 1. The summed E-state index contributed by atoms with van der Waals surface area (Å²) in [5.74, 6) is -2.24. The highest BCUT2D eigenvalue weighted by Gasteiger charge is 2.31. The molecule has 2 aliphatic rings. The smallest absolute Gasteiger partial charge is 0.328 e. The maximum absolute atomic E-state index is 13.2. The molecule has 5 N–H and O–H groups in total. The zero-order valence-corrected chi connectivity index (χ0v) is 22.9. The van der Waals surface area contributed by atoms with Crippen LogP contribution < -0.4 is 10.6 Å². The third kappa shape index (κ3) is 5.76. The number of nitrogens with zero attached hydrogens (tertiary/aromatic N) is 5. The maximum Gasteiger partial charge on any atom is 0.328 e. The fraction of sp³-hybridized carbons (Fsp3) is 0.308. The number of rotatable bonds is 6. The molecule has 0 aliphatic carbocycles. The van der Waals surface area contributed by atoms with Crippen LogP contribution in [0.25, 0.3) is 10.9 Å². The number of aliphatic imine (C=N–C) groups is 1. The topological polar surface area (TPSA) is 187 Å². The second-order valence-corrected chi connectivity index (χ2v) is 10.4. The van der Waals surface area contributed by atoms with E-state index in [0.29, 0.717) is 29.7 Å². The summed E-state index contributed by atoms with van der Waals surface area (Å²) in [6, 6.07) is 5.40. The Kier molecular flexibility index (Phi) is 7.98. The number of nitriles is 1. The summed E-state index contributed by atoms with van der Waals surface area (Å²) >= 11 is 13.1. The zero-order chi connectivity index (χ0) is 29.3. The molecule has 13 nitrogen and oxygen atoms in total. The van der Waals surface area contributed by atoms with Crippen molar-refractivity contribution < 1.29 is 24.6 Å². The molecule has 0 radical (unpaired) electrons. The van der Waals surface area contributed by atoms with E-state index < -0.39 is 24.0 Å². The number of aliphatic hydroxyl groups is 1. The lowest BCUT2D eigenvalue weighted by molar-refractivity contribution is -0.138. The number of nitrogens with one attached hydrogen (secondary N) is 3. The Balaban J connectivity index is 1.31. The van der Waals surface area contributed by atoms with Crippen LogP contribution in [0.2, 0.25) is 10.0 Å². The summed E-state index contributed by atoms with van der Waals surface area (Å²) in [6.07, 6.45) is 3.19. The Morgan fingerprint density at radius 2 is 2.02 bits per heavy atom. The van der Waals surface area contributed by atoms with Crippen molar-refractivity contribution in [3.63, 3.8) is 0 Å². The second-order valence-electron chi connectivity index (χ2n) is 9.66. The predicted octanol–water partition coefficient (Wildman–Crippen LogP) is 1.35. The van der Waals surface area contributed by atoms with E-state index in [1.54, 1.807) is 40.4 Å². The van der Waals surface area contributed by atoms with Gasteiger partial charge in [-0.2, -0.15) is 10.4 Å². The monoisotopic (exact) mass is 598 g/mol. The predicted molar refractivity (Wildman–Crippen MR) is 149 cm³/mol.